The highest BCUT2D eigenvalue weighted by molar-refractivity contribution is 7.86. The number of halogens is 3. The molecular weight excluding hydrogens is 383 g/mol. The monoisotopic (exact) mass is 409 g/mol. The van der Waals surface area contributed by atoms with Crippen LogP contribution >= 0.6 is 0 Å². The second-order valence-corrected chi connectivity index (χ2v) is 9.55. The quantitative estimate of drug-likeness (QED) is 0.830. The Kier molecular flexibility index (Phi) is 5.48. The lowest BCUT2D eigenvalue weighted by atomic mass is 9.95. The Morgan fingerprint density at radius 2 is 1.93 bits per heavy atom. The van der Waals surface area contributed by atoms with Crippen LogP contribution < -0.4 is 5.32 Å². The van der Waals surface area contributed by atoms with Crippen LogP contribution in [0.3, 0.4) is 0 Å². The summed E-state index contributed by atoms with van der Waals surface area (Å²) >= 11 is 0. The van der Waals surface area contributed by atoms with Crippen LogP contribution in [0.25, 0.3) is 0 Å². The van der Waals surface area contributed by atoms with Gasteiger partial charge in [0.15, 0.2) is 6.04 Å². The molecule has 0 amide bonds. The van der Waals surface area contributed by atoms with Gasteiger partial charge in [0, 0.05) is 45.2 Å². The minimum absolute atomic E-state index is 0.0341. The molecule has 0 spiro atoms. The van der Waals surface area contributed by atoms with Crippen molar-refractivity contribution in [1.82, 2.24) is 18.4 Å². The SMILES string of the molecule is CC[C@@H]1C[C@H](C(F)(F)F)n2nc(C3CCN(S(=O)(=O)N(C)C)CC3)cc2N1. The molecule has 0 unspecified atom stereocenters. The van der Waals surface area contributed by atoms with Gasteiger partial charge < -0.3 is 5.32 Å². The molecule has 0 aliphatic carbocycles. The molecule has 0 saturated carbocycles. The summed E-state index contributed by atoms with van der Waals surface area (Å²) in [7, 11) is -0.499. The van der Waals surface area contributed by atoms with E-state index in [-0.39, 0.29) is 18.4 Å². The topological polar surface area (TPSA) is 70.5 Å². The van der Waals surface area contributed by atoms with Crippen molar-refractivity contribution in [3.8, 4) is 0 Å². The van der Waals surface area contributed by atoms with E-state index in [0.29, 0.717) is 43.9 Å². The summed E-state index contributed by atoms with van der Waals surface area (Å²) in [6.07, 6.45) is -2.70. The zero-order valence-electron chi connectivity index (χ0n) is 15.7. The zero-order chi connectivity index (χ0) is 20.0. The molecule has 3 heterocycles. The molecule has 0 bridgehead atoms. The fraction of sp³-hybridized carbons (Fsp3) is 0.812. The fourth-order valence-electron chi connectivity index (χ4n) is 3.75. The molecule has 1 aromatic rings. The highest BCUT2D eigenvalue weighted by Crippen LogP contribution is 2.41. The summed E-state index contributed by atoms with van der Waals surface area (Å²) < 4.78 is 68.5. The fourth-order valence-corrected chi connectivity index (χ4v) is 4.88. The van der Waals surface area contributed by atoms with Gasteiger partial charge in [-0.05, 0) is 25.7 Å². The molecule has 3 rings (SSSR count). The van der Waals surface area contributed by atoms with Crippen molar-refractivity contribution in [2.24, 2.45) is 0 Å². The van der Waals surface area contributed by atoms with Crippen molar-refractivity contribution in [2.45, 2.75) is 56.8 Å². The second kappa shape index (κ2) is 7.25. The third kappa shape index (κ3) is 3.95. The molecule has 2 aliphatic rings. The van der Waals surface area contributed by atoms with Crippen LogP contribution in [0.1, 0.15) is 50.3 Å². The van der Waals surface area contributed by atoms with Gasteiger partial charge in [0.1, 0.15) is 5.82 Å². The third-order valence-corrected chi connectivity index (χ3v) is 7.38. The van der Waals surface area contributed by atoms with E-state index in [2.05, 4.69) is 10.4 Å². The molecule has 7 nitrogen and oxygen atoms in total. The van der Waals surface area contributed by atoms with Gasteiger partial charge in [0.2, 0.25) is 0 Å². The van der Waals surface area contributed by atoms with Crippen LogP contribution in [0, 0.1) is 0 Å². The predicted octanol–water partition coefficient (Wildman–Crippen LogP) is 2.57. The zero-order valence-corrected chi connectivity index (χ0v) is 16.5. The van der Waals surface area contributed by atoms with E-state index < -0.39 is 22.4 Å². The summed E-state index contributed by atoms with van der Waals surface area (Å²) in [5, 5.41) is 7.41. The Bertz CT molecular complexity index is 770. The molecule has 2 atom stereocenters. The lowest BCUT2D eigenvalue weighted by molar-refractivity contribution is -0.173. The molecule has 1 N–H and O–H groups in total. The highest BCUT2D eigenvalue weighted by atomic mass is 32.2. The Morgan fingerprint density at radius 1 is 1.30 bits per heavy atom. The number of hydrogen-bond acceptors (Lipinski definition) is 4. The van der Waals surface area contributed by atoms with E-state index in [1.54, 1.807) is 6.07 Å². The molecule has 11 heteroatoms. The molecule has 1 saturated heterocycles. The van der Waals surface area contributed by atoms with E-state index in [1.807, 2.05) is 6.92 Å². The Hall–Kier alpha value is -1.33. The lowest BCUT2D eigenvalue weighted by Crippen LogP contribution is -2.44. The van der Waals surface area contributed by atoms with Gasteiger partial charge in [-0.3, -0.25) is 0 Å². The number of aromatic nitrogens is 2. The maximum Gasteiger partial charge on any atom is 0.410 e. The number of hydrogen-bond donors (Lipinski definition) is 1. The molecule has 154 valence electrons. The summed E-state index contributed by atoms with van der Waals surface area (Å²) in [5.41, 5.74) is 0.602. The average Bonchev–Trinajstić information content (AvgIpc) is 3.03. The molecule has 1 aromatic heterocycles. The van der Waals surface area contributed by atoms with Crippen molar-refractivity contribution in [3.63, 3.8) is 0 Å². The minimum atomic E-state index is -4.35. The summed E-state index contributed by atoms with van der Waals surface area (Å²) in [6.45, 7) is 2.53. The van der Waals surface area contributed by atoms with Crippen molar-refractivity contribution in [1.29, 1.82) is 0 Å². The van der Waals surface area contributed by atoms with Crippen molar-refractivity contribution in [2.75, 3.05) is 32.5 Å². The van der Waals surface area contributed by atoms with Gasteiger partial charge in [-0.2, -0.15) is 35.3 Å². The Morgan fingerprint density at radius 3 is 2.44 bits per heavy atom. The van der Waals surface area contributed by atoms with E-state index in [4.69, 9.17) is 0 Å². The maximum absolute atomic E-state index is 13.5. The van der Waals surface area contributed by atoms with Gasteiger partial charge in [-0.1, -0.05) is 6.92 Å². The molecule has 27 heavy (non-hydrogen) atoms. The van der Waals surface area contributed by atoms with Crippen LogP contribution in [0.5, 0.6) is 0 Å². The number of anilines is 1. The van der Waals surface area contributed by atoms with Crippen LogP contribution in [0.2, 0.25) is 0 Å². The third-order valence-electron chi connectivity index (χ3n) is 5.44. The number of nitrogens with zero attached hydrogens (tertiary/aromatic N) is 4. The van der Waals surface area contributed by atoms with E-state index in [9.17, 15) is 21.6 Å². The van der Waals surface area contributed by atoms with Crippen molar-refractivity contribution < 1.29 is 21.6 Å². The van der Waals surface area contributed by atoms with Crippen LogP contribution in [0.4, 0.5) is 19.0 Å². The number of alkyl halides is 3. The second-order valence-electron chi connectivity index (χ2n) is 7.41. The largest absolute Gasteiger partial charge is 0.410 e. The standard InChI is InChI=1S/C16H26F3N5O2S/c1-4-12-9-14(16(17,18)19)24-15(20-12)10-13(21-24)11-5-7-23(8-6-11)27(25,26)22(2)3/h10-12,14,20H,4-9H2,1-3H3/t12-,14-/m1/s1. The van der Waals surface area contributed by atoms with Gasteiger partial charge in [0.25, 0.3) is 10.2 Å². The van der Waals surface area contributed by atoms with E-state index in [0.717, 1.165) is 4.68 Å². The number of rotatable bonds is 4. The van der Waals surface area contributed by atoms with Crippen LogP contribution in [-0.4, -0.2) is 66.2 Å². The molecular formula is C16H26F3N5O2S. The summed E-state index contributed by atoms with van der Waals surface area (Å²) in [6, 6.07) is -0.163. The summed E-state index contributed by atoms with van der Waals surface area (Å²) in [5.74, 6) is 0.348. The summed E-state index contributed by atoms with van der Waals surface area (Å²) in [4.78, 5) is 0. The first-order valence-corrected chi connectivity index (χ1v) is 10.5. The van der Waals surface area contributed by atoms with Gasteiger partial charge in [0.05, 0.1) is 5.69 Å². The van der Waals surface area contributed by atoms with E-state index >= 15 is 0 Å². The Labute approximate surface area is 157 Å². The Balaban J connectivity index is 1.78. The van der Waals surface area contributed by atoms with Crippen LogP contribution in [-0.2, 0) is 10.2 Å². The number of piperidine rings is 1. The molecule has 1 fully saturated rings. The van der Waals surface area contributed by atoms with Gasteiger partial charge >= 0.3 is 6.18 Å². The number of fused-ring (bicyclic) bond motifs is 1. The first kappa shape index (κ1) is 20.4. The molecule has 2 aliphatic heterocycles. The predicted molar refractivity (Wildman–Crippen MR) is 95.8 cm³/mol. The van der Waals surface area contributed by atoms with Gasteiger partial charge in [-0.15, -0.1) is 0 Å². The molecule has 0 aromatic carbocycles. The number of nitrogens with one attached hydrogen (secondary N) is 1. The van der Waals surface area contributed by atoms with Crippen molar-refractivity contribution in [3.05, 3.63) is 11.8 Å². The van der Waals surface area contributed by atoms with Crippen molar-refractivity contribution >= 4 is 16.0 Å². The lowest BCUT2D eigenvalue weighted by Gasteiger charge is -2.33. The first-order valence-electron chi connectivity index (χ1n) is 9.14. The first-order chi connectivity index (χ1) is 12.5. The highest BCUT2D eigenvalue weighted by Gasteiger charge is 2.46. The smallest absolute Gasteiger partial charge is 0.367 e. The molecule has 0 radical (unpaired) electrons. The van der Waals surface area contributed by atoms with Gasteiger partial charge in [-0.25, -0.2) is 4.68 Å². The maximum atomic E-state index is 13.5. The van der Waals surface area contributed by atoms with Crippen LogP contribution in [0.15, 0.2) is 6.07 Å². The minimum Gasteiger partial charge on any atom is -0.367 e. The van der Waals surface area contributed by atoms with E-state index in [1.165, 1.54) is 22.7 Å². The average molecular weight is 409 g/mol. The normalized spacial score (nSPS) is 25.4.